The predicted octanol–water partition coefficient (Wildman–Crippen LogP) is 3.56. The lowest BCUT2D eigenvalue weighted by Crippen LogP contribution is -2.41. The Morgan fingerprint density at radius 3 is 3.00 bits per heavy atom. The van der Waals surface area contributed by atoms with Crippen molar-refractivity contribution in [1.29, 1.82) is 0 Å². The molecule has 0 spiro atoms. The van der Waals surface area contributed by atoms with Crippen LogP contribution in [0, 0.1) is 6.92 Å². The maximum Gasteiger partial charge on any atom is 0.229 e. The molecule has 1 fully saturated rings. The molecule has 1 aliphatic rings. The maximum absolute atomic E-state index is 5.93. The first kappa shape index (κ1) is 15.4. The van der Waals surface area contributed by atoms with Crippen LogP contribution in [0.1, 0.15) is 44.7 Å². The Kier molecular flexibility index (Phi) is 5.89. The molecule has 112 valence electrons. The van der Waals surface area contributed by atoms with Crippen molar-refractivity contribution in [1.82, 2.24) is 9.97 Å². The second-order valence-electron chi connectivity index (χ2n) is 5.32. The molecule has 1 aromatic rings. The van der Waals surface area contributed by atoms with Crippen molar-refractivity contribution in [3.63, 3.8) is 0 Å². The third-order valence-corrected chi connectivity index (χ3v) is 3.82. The van der Waals surface area contributed by atoms with Gasteiger partial charge in [-0.25, -0.2) is 4.98 Å². The van der Waals surface area contributed by atoms with E-state index in [0.717, 1.165) is 31.0 Å². The van der Waals surface area contributed by atoms with Crippen molar-refractivity contribution in [3.8, 4) is 5.88 Å². The highest BCUT2D eigenvalue weighted by Gasteiger charge is 2.24. The third-order valence-electron chi connectivity index (χ3n) is 3.60. The molecule has 1 unspecified atom stereocenters. The number of hydrogen-bond acceptors (Lipinski definition) is 4. The van der Waals surface area contributed by atoms with E-state index < -0.39 is 0 Å². The van der Waals surface area contributed by atoms with Gasteiger partial charge in [0.25, 0.3) is 0 Å². The SMILES string of the molecule is CCCOc1cc(C)nc(N2CCCCC2CCCl)n1. The number of nitrogens with zero attached hydrogens (tertiary/aromatic N) is 3. The fourth-order valence-electron chi connectivity index (χ4n) is 2.62. The highest BCUT2D eigenvalue weighted by Crippen LogP contribution is 2.26. The van der Waals surface area contributed by atoms with Gasteiger partial charge in [-0.05, 0) is 39.0 Å². The number of anilines is 1. The van der Waals surface area contributed by atoms with Crippen LogP contribution >= 0.6 is 11.6 Å². The lowest BCUT2D eigenvalue weighted by Gasteiger charge is -2.35. The van der Waals surface area contributed by atoms with E-state index in [2.05, 4.69) is 21.8 Å². The van der Waals surface area contributed by atoms with Crippen LogP contribution < -0.4 is 9.64 Å². The van der Waals surface area contributed by atoms with E-state index in [1.54, 1.807) is 0 Å². The van der Waals surface area contributed by atoms with Crippen molar-refractivity contribution in [2.75, 3.05) is 23.9 Å². The molecule has 2 heterocycles. The summed E-state index contributed by atoms with van der Waals surface area (Å²) in [7, 11) is 0. The lowest BCUT2D eigenvalue weighted by atomic mass is 10.0. The molecule has 0 amide bonds. The molecule has 1 saturated heterocycles. The molecule has 1 aromatic heterocycles. The van der Waals surface area contributed by atoms with Crippen LogP contribution in [-0.2, 0) is 0 Å². The summed E-state index contributed by atoms with van der Waals surface area (Å²) >= 11 is 5.93. The molecule has 20 heavy (non-hydrogen) atoms. The van der Waals surface area contributed by atoms with Crippen LogP contribution in [0.5, 0.6) is 5.88 Å². The molecule has 0 aromatic carbocycles. The van der Waals surface area contributed by atoms with Gasteiger partial charge in [0.05, 0.1) is 6.61 Å². The summed E-state index contributed by atoms with van der Waals surface area (Å²) in [5, 5.41) is 0. The molecule has 1 atom stereocenters. The van der Waals surface area contributed by atoms with Gasteiger partial charge in [0.15, 0.2) is 0 Å². The summed E-state index contributed by atoms with van der Waals surface area (Å²) in [4.78, 5) is 11.5. The van der Waals surface area contributed by atoms with Gasteiger partial charge < -0.3 is 9.64 Å². The Balaban J connectivity index is 2.18. The van der Waals surface area contributed by atoms with Gasteiger partial charge in [0.2, 0.25) is 11.8 Å². The first-order chi connectivity index (χ1) is 9.74. The van der Waals surface area contributed by atoms with Crippen molar-refractivity contribution in [3.05, 3.63) is 11.8 Å². The highest BCUT2D eigenvalue weighted by atomic mass is 35.5. The van der Waals surface area contributed by atoms with Gasteiger partial charge in [-0.2, -0.15) is 4.98 Å². The smallest absolute Gasteiger partial charge is 0.229 e. The Bertz CT molecular complexity index is 426. The summed E-state index contributed by atoms with van der Waals surface area (Å²) in [5.74, 6) is 2.17. The van der Waals surface area contributed by atoms with Crippen LogP contribution in [0.25, 0.3) is 0 Å². The van der Waals surface area contributed by atoms with Gasteiger partial charge in [0.1, 0.15) is 0 Å². The van der Waals surface area contributed by atoms with Crippen LogP contribution in [0.3, 0.4) is 0 Å². The molecular formula is C15H24ClN3O. The van der Waals surface area contributed by atoms with Gasteiger partial charge >= 0.3 is 0 Å². The van der Waals surface area contributed by atoms with Crippen LogP contribution in [0.2, 0.25) is 0 Å². The molecule has 4 nitrogen and oxygen atoms in total. The van der Waals surface area contributed by atoms with E-state index in [-0.39, 0.29) is 0 Å². The number of alkyl halides is 1. The summed E-state index contributed by atoms with van der Waals surface area (Å²) in [6.45, 7) is 5.79. The second-order valence-corrected chi connectivity index (χ2v) is 5.69. The average Bonchev–Trinajstić information content (AvgIpc) is 2.45. The van der Waals surface area contributed by atoms with Gasteiger partial charge in [-0.3, -0.25) is 0 Å². The second kappa shape index (κ2) is 7.67. The first-order valence-corrected chi connectivity index (χ1v) is 8.09. The van der Waals surface area contributed by atoms with Crippen molar-refractivity contribution < 1.29 is 4.74 Å². The topological polar surface area (TPSA) is 38.2 Å². The van der Waals surface area contributed by atoms with Crippen LogP contribution in [-0.4, -0.2) is 35.0 Å². The standard InChI is InChI=1S/C15H24ClN3O/c1-3-10-20-14-11-12(2)17-15(18-14)19-9-5-4-6-13(19)7-8-16/h11,13H,3-10H2,1-2H3. The zero-order valence-corrected chi connectivity index (χ0v) is 13.2. The Hall–Kier alpha value is -1.03. The third kappa shape index (κ3) is 3.98. The van der Waals surface area contributed by atoms with E-state index in [4.69, 9.17) is 16.3 Å². The minimum Gasteiger partial charge on any atom is -0.478 e. The number of hydrogen-bond donors (Lipinski definition) is 0. The number of aryl methyl sites for hydroxylation is 1. The molecule has 1 aliphatic heterocycles. The van der Waals surface area contributed by atoms with Gasteiger partial charge in [-0.15, -0.1) is 11.6 Å². The summed E-state index contributed by atoms with van der Waals surface area (Å²) in [5.41, 5.74) is 0.955. The number of ether oxygens (including phenoxy) is 1. The molecule has 0 aliphatic carbocycles. The number of halogens is 1. The van der Waals surface area contributed by atoms with Crippen LogP contribution in [0.4, 0.5) is 5.95 Å². The molecule has 0 radical (unpaired) electrons. The molecule has 5 heteroatoms. The van der Waals surface area contributed by atoms with Crippen molar-refractivity contribution in [2.45, 2.75) is 52.0 Å². The number of piperidine rings is 1. The number of aromatic nitrogens is 2. The minimum atomic E-state index is 0.460. The summed E-state index contributed by atoms with van der Waals surface area (Å²) in [6.07, 6.45) is 5.61. The monoisotopic (exact) mass is 297 g/mol. The number of rotatable bonds is 6. The van der Waals surface area contributed by atoms with Crippen molar-refractivity contribution in [2.24, 2.45) is 0 Å². The molecular weight excluding hydrogens is 274 g/mol. The first-order valence-electron chi connectivity index (χ1n) is 7.55. The summed E-state index contributed by atoms with van der Waals surface area (Å²) < 4.78 is 5.66. The van der Waals surface area contributed by atoms with Gasteiger partial charge in [-0.1, -0.05) is 6.92 Å². The normalized spacial score (nSPS) is 19.1. The molecule has 0 saturated carbocycles. The van der Waals surface area contributed by atoms with E-state index in [1.165, 1.54) is 19.3 Å². The van der Waals surface area contributed by atoms with Gasteiger partial charge in [0, 0.05) is 30.2 Å². The van der Waals surface area contributed by atoms with Crippen molar-refractivity contribution >= 4 is 17.5 Å². The Labute approximate surface area is 126 Å². The van der Waals surface area contributed by atoms with E-state index >= 15 is 0 Å². The fraction of sp³-hybridized carbons (Fsp3) is 0.733. The zero-order chi connectivity index (χ0) is 14.4. The van der Waals surface area contributed by atoms with Crippen LogP contribution in [0.15, 0.2) is 6.07 Å². The molecule has 0 N–H and O–H groups in total. The minimum absolute atomic E-state index is 0.460. The Morgan fingerprint density at radius 1 is 1.40 bits per heavy atom. The average molecular weight is 298 g/mol. The molecule has 0 bridgehead atoms. The maximum atomic E-state index is 5.93. The van der Waals surface area contributed by atoms with E-state index in [9.17, 15) is 0 Å². The largest absolute Gasteiger partial charge is 0.478 e. The lowest BCUT2D eigenvalue weighted by molar-refractivity contribution is 0.303. The molecule has 2 rings (SSSR count). The Morgan fingerprint density at radius 2 is 2.25 bits per heavy atom. The highest BCUT2D eigenvalue weighted by molar-refractivity contribution is 6.17. The predicted molar refractivity (Wildman–Crippen MR) is 82.9 cm³/mol. The zero-order valence-electron chi connectivity index (χ0n) is 12.4. The van der Waals surface area contributed by atoms with E-state index in [0.29, 0.717) is 24.4 Å². The fourth-order valence-corrected chi connectivity index (χ4v) is 2.88. The van der Waals surface area contributed by atoms with E-state index in [1.807, 2.05) is 13.0 Å². The quantitative estimate of drug-likeness (QED) is 0.753. The summed E-state index contributed by atoms with van der Waals surface area (Å²) in [6, 6.07) is 2.36.